The normalized spacial score (nSPS) is 18.5. The molecule has 0 aromatic heterocycles. The molecule has 1 N–H and O–H groups in total. The van der Waals surface area contributed by atoms with Gasteiger partial charge in [0, 0.05) is 17.6 Å². The van der Waals surface area contributed by atoms with Crippen molar-refractivity contribution in [1.29, 1.82) is 0 Å². The van der Waals surface area contributed by atoms with Crippen LogP contribution in [0, 0.1) is 11.7 Å². The Labute approximate surface area is 160 Å². The predicted molar refractivity (Wildman–Crippen MR) is 101 cm³/mol. The van der Waals surface area contributed by atoms with E-state index < -0.39 is 21.8 Å². The standard InChI is InChI=1S/C18H18BrFN2O3S/c19-16-5-1-2-6-17(16)21-18(23)13-4-3-11-22(12-13)26(24,25)15-9-7-14(20)8-10-15/h1-2,5-10,13H,3-4,11-12H2,(H,21,23)/t13-/m1/s1. The lowest BCUT2D eigenvalue weighted by molar-refractivity contribution is -0.120. The number of sulfonamides is 1. The van der Waals surface area contributed by atoms with Gasteiger partial charge in [0.1, 0.15) is 5.82 Å². The second-order valence-corrected chi connectivity index (χ2v) is 8.92. The molecule has 1 atom stereocenters. The summed E-state index contributed by atoms with van der Waals surface area (Å²) in [5.41, 5.74) is 0.649. The largest absolute Gasteiger partial charge is 0.325 e. The van der Waals surface area contributed by atoms with Crippen LogP contribution >= 0.6 is 15.9 Å². The molecule has 1 aliphatic rings. The Balaban J connectivity index is 1.73. The second kappa shape index (κ2) is 7.85. The van der Waals surface area contributed by atoms with Crippen LogP contribution in [0.3, 0.4) is 0 Å². The minimum atomic E-state index is -3.75. The highest BCUT2D eigenvalue weighted by molar-refractivity contribution is 9.10. The van der Waals surface area contributed by atoms with Crippen molar-refractivity contribution < 1.29 is 17.6 Å². The number of para-hydroxylation sites is 1. The number of anilines is 1. The number of nitrogens with zero attached hydrogens (tertiary/aromatic N) is 1. The molecule has 1 heterocycles. The summed E-state index contributed by atoms with van der Waals surface area (Å²) in [5.74, 6) is -1.14. The third kappa shape index (κ3) is 4.13. The summed E-state index contributed by atoms with van der Waals surface area (Å²) < 4.78 is 40.6. The average Bonchev–Trinajstić information content (AvgIpc) is 2.64. The Morgan fingerprint density at radius 2 is 1.85 bits per heavy atom. The van der Waals surface area contributed by atoms with Gasteiger partial charge in [-0.25, -0.2) is 12.8 Å². The van der Waals surface area contributed by atoms with Gasteiger partial charge in [0.2, 0.25) is 15.9 Å². The minimum absolute atomic E-state index is 0.0331. The van der Waals surface area contributed by atoms with Crippen LogP contribution in [0.15, 0.2) is 57.9 Å². The Morgan fingerprint density at radius 1 is 1.15 bits per heavy atom. The van der Waals surface area contributed by atoms with Crippen LogP contribution in [0.5, 0.6) is 0 Å². The molecule has 1 saturated heterocycles. The quantitative estimate of drug-likeness (QED) is 0.788. The van der Waals surface area contributed by atoms with Crippen LogP contribution in [0.25, 0.3) is 0 Å². The zero-order valence-corrected chi connectivity index (χ0v) is 16.3. The fourth-order valence-corrected chi connectivity index (χ4v) is 4.84. The van der Waals surface area contributed by atoms with Gasteiger partial charge < -0.3 is 5.32 Å². The minimum Gasteiger partial charge on any atom is -0.325 e. The first-order valence-corrected chi connectivity index (χ1v) is 10.4. The molecule has 3 rings (SSSR count). The summed E-state index contributed by atoms with van der Waals surface area (Å²) in [5, 5.41) is 2.84. The number of hydrogen-bond donors (Lipinski definition) is 1. The molecule has 8 heteroatoms. The van der Waals surface area contributed by atoms with Gasteiger partial charge in [-0.15, -0.1) is 0 Å². The van der Waals surface area contributed by atoms with Gasteiger partial charge in [0.25, 0.3) is 0 Å². The lowest BCUT2D eigenvalue weighted by Crippen LogP contribution is -2.43. The molecule has 5 nitrogen and oxygen atoms in total. The van der Waals surface area contributed by atoms with Crippen LogP contribution < -0.4 is 5.32 Å². The number of carbonyl (C=O) groups is 1. The molecule has 1 amide bonds. The average molecular weight is 441 g/mol. The Hall–Kier alpha value is -1.77. The highest BCUT2D eigenvalue weighted by atomic mass is 79.9. The zero-order chi connectivity index (χ0) is 18.7. The fraction of sp³-hybridized carbons (Fsp3) is 0.278. The van der Waals surface area contributed by atoms with Gasteiger partial charge in [-0.1, -0.05) is 12.1 Å². The SMILES string of the molecule is O=C(Nc1ccccc1Br)[C@@H]1CCCN(S(=O)(=O)c2ccc(F)cc2)C1. The monoisotopic (exact) mass is 440 g/mol. The van der Waals surface area contributed by atoms with Crippen molar-refractivity contribution in [3.8, 4) is 0 Å². The van der Waals surface area contributed by atoms with Crippen molar-refractivity contribution in [2.45, 2.75) is 17.7 Å². The first-order valence-electron chi connectivity index (χ1n) is 8.19. The molecule has 2 aromatic rings. The van der Waals surface area contributed by atoms with Gasteiger partial charge in [-0.05, 0) is 65.2 Å². The molecule has 0 spiro atoms. The predicted octanol–water partition coefficient (Wildman–Crippen LogP) is 3.63. The number of rotatable bonds is 4. The second-order valence-electron chi connectivity index (χ2n) is 6.13. The van der Waals surface area contributed by atoms with E-state index >= 15 is 0 Å². The van der Waals surface area contributed by atoms with E-state index in [9.17, 15) is 17.6 Å². The van der Waals surface area contributed by atoms with E-state index in [0.29, 0.717) is 25.1 Å². The Morgan fingerprint density at radius 3 is 2.54 bits per heavy atom. The molecule has 26 heavy (non-hydrogen) atoms. The van der Waals surface area contributed by atoms with Crippen molar-refractivity contribution in [1.82, 2.24) is 4.31 Å². The maximum Gasteiger partial charge on any atom is 0.243 e. The molecule has 0 unspecified atom stereocenters. The molecule has 2 aromatic carbocycles. The van der Waals surface area contributed by atoms with E-state index in [1.807, 2.05) is 18.2 Å². The Bertz CT molecular complexity index is 903. The van der Waals surface area contributed by atoms with Gasteiger partial charge in [0.05, 0.1) is 16.5 Å². The molecular weight excluding hydrogens is 423 g/mol. The molecule has 0 saturated carbocycles. The molecule has 1 fully saturated rings. The highest BCUT2D eigenvalue weighted by Gasteiger charge is 2.33. The summed E-state index contributed by atoms with van der Waals surface area (Å²) in [4.78, 5) is 12.6. The Kier molecular flexibility index (Phi) is 5.74. The lowest BCUT2D eigenvalue weighted by Gasteiger charge is -2.31. The van der Waals surface area contributed by atoms with Gasteiger partial charge in [0.15, 0.2) is 0 Å². The van der Waals surface area contributed by atoms with Crippen molar-refractivity contribution in [3.63, 3.8) is 0 Å². The van der Waals surface area contributed by atoms with E-state index in [1.54, 1.807) is 6.07 Å². The summed E-state index contributed by atoms with van der Waals surface area (Å²) in [6, 6.07) is 12.0. The molecule has 1 aliphatic heterocycles. The van der Waals surface area contributed by atoms with Crippen LogP contribution in [-0.2, 0) is 14.8 Å². The van der Waals surface area contributed by atoms with Crippen molar-refractivity contribution >= 4 is 37.5 Å². The third-order valence-corrected chi connectivity index (χ3v) is 6.91. The fourth-order valence-electron chi connectivity index (χ4n) is 2.93. The van der Waals surface area contributed by atoms with Crippen molar-refractivity contribution in [2.75, 3.05) is 18.4 Å². The summed E-state index contributed by atoms with van der Waals surface area (Å²) in [7, 11) is -3.75. The van der Waals surface area contributed by atoms with Crippen LogP contribution in [0.4, 0.5) is 10.1 Å². The number of piperidine rings is 1. The van der Waals surface area contributed by atoms with E-state index in [4.69, 9.17) is 0 Å². The lowest BCUT2D eigenvalue weighted by atomic mass is 9.99. The number of nitrogens with one attached hydrogen (secondary N) is 1. The van der Waals surface area contributed by atoms with Crippen molar-refractivity contribution in [3.05, 3.63) is 58.8 Å². The van der Waals surface area contributed by atoms with E-state index in [-0.39, 0.29) is 17.3 Å². The summed E-state index contributed by atoms with van der Waals surface area (Å²) >= 11 is 3.38. The van der Waals surface area contributed by atoms with E-state index in [1.165, 1.54) is 16.4 Å². The third-order valence-electron chi connectivity index (χ3n) is 4.34. The topological polar surface area (TPSA) is 66.5 Å². The van der Waals surface area contributed by atoms with Crippen molar-refractivity contribution in [2.24, 2.45) is 5.92 Å². The molecular formula is C18H18BrFN2O3S. The van der Waals surface area contributed by atoms with E-state index in [2.05, 4.69) is 21.2 Å². The number of hydrogen-bond acceptors (Lipinski definition) is 3. The molecule has 138 valence electrons. The van der Waals surface area contributed by atoms with E-state index in [0.717, 1.165) is 16.6 Å². The highest BCUT2D eigenvalue weighted by Crippen LogP contribution is 2.26. The first kappa shape index (κ1) is 19.0. The molecule has 0 radical (unpaired) electrons. The zero-order valence-electron chi connectivity index (χ0n) is 13.9. The number of amides is 1. The summed E-state index contributed by atoms with van der Waals surface area (Å²) in [6.45, 7) is 0.453. The van der Waals surface area contributed by atoms with Gasteiger partial charge >= 0.3 is 0 Å². The number of carbonyl (C=O) groups excluding carboxylic acids is 1. The first-order chi connectivity index (χ1) is 12.4. The van der Waals surface area contributed by atoms with Crippen LogP contribution in [-0.4, -0.2) is 31.7 Å². The summed E-state index contributed by atoms with van der Waals surface area (Å²) in [6.07, 6.45) is 1.21. The smallest absolute Gasteiger partial charge is 0.243 e. The maximum atomic E-state index is 13.1. The van der Waals surface area contributed by atoms with Crippen LogP contribution in [0.1, 0.15) is 12.8 Å². The van der Waals surface area contributed by atoms with Gasteiger partial charge in [-0.2, -0.15) is 4.31 Å². The van der Waals surface area contributed by atoms with Gasteiger partial charge in [-0.3, -0.25) is 4.79 Å². The molecule has 0 aliphatic carbocycles. The number of halogens is 2. The number of benzene rings is 2. The molecule has 0 bridgehead atoms. The van der Waals surface area contributed by atoms with Crippen LogP contribution in [0.2, 0.25) is 0 Å². The maximum absolute atomic E-state index is 13.1.